The fourth-order valence-corrected chi connectivity index (χ4v) is 1.69. The molecule has 0 radical (unpaired) electrons. The minimum absolute atomic E-state index is 0.227. The molecule has 21 heavy (non-hydrogen) atoms. The maximum Gasteiger partial charge on any atom is 0.343 e. The number of nitriles is 1. The number of carbonyl (C=O) groups is 2. The van der Waals surface area contributed by atoms with Crippen molar-refractivity contribution in [1.29, 1.82) is 5.26 Å². The molecule has 0 saturated heterocycles. The third-order valence-corrected chi connectivity index (χ3v) is 2.69. The summed E-state index contributed by atoms with van der Waals surface area (Å²) < 4.78 is 9.77. The van der Waals surface area contributed by atoms with Crippen molar-refractivity contribution in [3.63, 3.8) is 0 Å². The van der Waals surface area contributed by atoms with Gasteiger partial charge in [0.1, 0.15) is 5.75 Å². The summed E-state index contributed by atoms with van der Waals surface area (Å²) >= 11 is 0. The molecule has 0 N–H and O–H groups in total. The third kappa shape index (κ3) is 3.45. The summed E-state index contributed by atoms with van der Waals surface area (Å²) in [6.07, 6.45) is 0. The molecule has 0 aromatic heterocycles. The van der Waals surface area contributed by atoms with E-state index in [0.717, 1.165) is 0 Å². The van der Waals surface area contributed by atoms with Gasteiger partial charge in [-0.2, -0.15) is 5.26 Å². The number of hydrogen-bond donors (Lipinski definition) is 0. The van der Waals surface area contributed by atoms with Crippen LogP contribution in [0.1, 0.15) is 26.3 Å². The third-order valence-electron chi connectivity index (χ3n) is 2.69. The van der Waals surface area contributed by atoms with Gasteiger partial charge in [-0.05, 0) is 36.4 Å². The monoisotopic (exact) mass is 281 g/mol. The Labute approximate surface area is 121 Å². The number of benzene rings is 2. The first-order chi connectivity index (χ1) is 10.1. The predicted molar refractivity (Wildman–Crippen MR) is 73.9 cm³/mol. The van der Waals surface area contributed by atoms with E-state index < -0.39 is 11.9 Å². The zero-order valence-corrected chi connectivity index (χ0v) is 11.2. The number of nitrogens with zero attached hydrogens (tertiary/aromatic N) is 1. The molecule has 0 amide bonds. The molecule has 0 fully saturated rings. The fourth-order valence-electron chi connectivity index (χ4n) is 1.69. The van der Waals surface area contributed by atoms with Gasteiger partial charge in [0.25, 0.3) is 0 Å². The Bertz CT molecular complexity index is 731. The van der Waals surface area contributed by atoms with E-state index >= 15 is 0 Å². The molecule has 0 aliphatic carbocycles. The summed E-state index contributed by atoms with van der Waals surface area (Å²) in [5, 5.41) is 8.80. The molecular formula is C16H11NO4. The van der Waals surface area contributed by atoms with Gasteiger partial charge in [-0.15, -0.1) is 0 Å². The van der Waals surface area contributed by atoms with Crippen LogP contribution in [0.15, 0.2) is 48.5 Å². The highest BCUT2D eigenvalue weighted by atomic mass is 16.5. The van der Waals surface area contributed by atoms with Crippen LogP contribution in [-0.2, 0) is 4.74 Å². The average Bonchev–Trinajstić information content (AvgIpc) is 2.54. The van der Waals surface area contributed by atoms with E-state index in [-0.39, 0.29) is 16.9 Å². The lowest BCUT2D eigenvalue weighted by Crippen LogP contribution is -2.09. The van der Waals surface area contributed by atoms with Crippen LogP contribution >= 0.6 is 0 Å². The average molecular weight is 281 g/mol. The van der Waals surface area contributed by atoms with Crippen molar-refractivity contribution in [1.82, 2.24) is 0 Å². The zero-order valence-electron chi connectivity index (χ0n) is 11.2. The Balaban J connectivity index is 2.19. The first-order valence-corrected chi connectivity index (χ1v) is 6.05. The molecule has 0 aliphatic rings. The topological polar surface area (TPSA) is 76.4 Å². The van der Waals surface area contributed by atoms with Crippen molar-refractivity contribution >= 4 is 11.9 Å². The lowest BCUT2D eigenvalue weighted by Gasteiger charge is -2.06. The van der Waals surface area contributed by atoms with Gasteiger partial charge in [-0.1, -0.05) is 12.1 Å². The first-order valence-electron chi connectivity index (χ1n) is 6.05. The van der Waals surface area contributed by atoms with Gasteiger partial charge < -0.3 is 9.47 Å². The van der Waals surface area contributed by atoms with E-state index in [1.807, 2.05) is 6.07 Å². The summed E-state index contributed by atoms with van der Waals surface area (Å²) in [6, 6.07) is 14.2. The van der Waals surface area contributed by atoms with Crippen LogP contribution in [0, 0.1) is 11.3 Å². The smallest absolute Gasteiger partial charge is 0.343 e. The molecule has 0 unspecified atom stereocenters. The molecule has 0 atom stereocenters. The van der Waals surface area contributed by atoms with Crippen LogP contribution in [-0.4, -0.2) is 19.0 Å². The molecule has 2 rings (SSSR count). The van der Waals surface area contributed by atoms with Gasteiger partial charge in [-0.3, -0.25) is 0 Å². The number of carbonyl (C=O) groups excluding carboxylic acids is 2. The van der Waals surface area contributed by atoms with Gasteiger partial charge in [0.05, 0.1) is 29.9 Å². The molecular weight excluding hydrogens is 270 g/mol. The van der Waals surface area contributed by atoms with Crippen molar-refractivity contribution in [3.8, 4) is 11.8 Å². The van der Waals surface area contributed by atoms with Crippen LogP contribution in [0.2, 0.25) is 0 Å². The molecule has 0 spiro atoms. The number of rotatable bonds is 3. The number of esters is 2. The van der Waals surface area contributed by atoms with Crippen LogP contribution in [0.4, 0.5) is 0 Å². The maximum atomic E-state index is 12.0. The van der Waals surface area contributed by atoms with E-state index in [0.29, 0.717) is 5.56 Å². The summed E-state index contributed by atoms with van der Waals surface area (Å²) in [7, 11) is 1.27. The van der Waals surface area contributed by atoms with Crippen LogP contribution < -0.4 is 4.74 Å². The summed E-state index contributed by atoms with van der Waals surface area (Å²) in [5.74, 6) is -0.890. The highest BCUT2D eigenvalue weighted by molar-refractivity contribution is 5.92. The van der Waals surface area contributed by atoms with Gasteiger partial charge in [-0.25, -0.2) is 9.59 Å². The lowest BCUT2D eigenvalue weighted by atomic mass is 10.1. The summed E-state index contributed by atoms with van der Waals surface area (Å²) in [5.41, 5.74) is 0.916. The molecule has 2 aromatic rings. The van der Waals surface area contributed by atoms with Crippen molar-refractivity contribution in [2.24, 2.45) is 0 Å². The number of hydrogen-bond acceptors (Lipinski definition) is 5. The Morgan fingerprint density at radius 3 is 2.33 bits per heavy atom. The first kappa shape index (κ1) is 14.3. The second kappa shape index (κ2) is 6.35. The second-order valence-corrected chi connectivity index (χ2v) is 4.10. The van der Waals surface area contributed by atoms with E-state index in [9.17, 15) is 9.59 Å². The van der Waals surface area contributed by atoms with E-state index in [1.165, 1.54) is 19.2 Å². The Hall–Kier alpha value is -3.13. The van der Waals surface area contributed by atoms with Crippen molar-refractivity contribution < 1.29 is 19.1 Å². The predicted octanol–water partition coefficient (Wildman–Crippen LogP) is 2.56. The van der Waals surface area contributed by atoms with E-state index in [4.69, 9.17) is 10.00 Å². The molecule has 0 bridgehead atoms. The van der Waals surface area contributed by atoms with Gasteiger partial charge in [0.15, 0.2) is 0 Å². The van der Waals surface area contributed by atoms with Crippen molar-refractivity contribution in [3.05, 3.63) is 65.2 Å². The molecule has 0 aliphatic heterocycles. The Kier molecular flexibility index (Phi) is 4.32. The SMILES string of the molecule is COC(=O)c1cccc(OC(=O)c2cccc(C#N)c2)c1. The summed E-state index contributed by atoms with van der Waals surface area (Å²) in [4.78, 5) is 23.4. The Morgan fingerprint density at radius 1 is 1.00 bits per heavy atom. The molecule has 0 saturated carbocycles. The molecule has 2 aromatic carbocycles. The summed E-state index contributed by atoms with van der Waals surface area (Å²) in [6.45, 7) is 0. The standard InChI is InChI=1S/C16H11NO4/c1-20-15(18)13-6-3-7-14(9-13)21-16(19)12-5-2-4-11(8-12)10-17/h2-9H,1H3. The largest absolute Gasteiger partial charge is 0.465 e. The normalized spacial score (nSPS) is 9.52. The van der Waals surface area contributed by atoms with Crippen molar-refractivity contribution in [2.45, 2.75) is 0 Å². The van der Waals surface area contributed by atoms with Crippen LogP contribution in [0.3, 0.4) is 0 Å². The fraction of sp³-hybridized carbons (Fsp3) is 0.0625. The highest BCUT2D eigenvalue weighted by Gasteiger charge is 2.11. The lowest BCUT2D eigenvalue weighted by molar-refractivity contribution is 0.0597. The van der Waals surface area contributed by atoms with E-state index in [1.54, 1.807) is 36.4 Å². The molecule has 5 nitrogen and oxygen atoms in total. The Morgan fingerprint density at radius 2 is 1.67 bits per heavy atom. The second-order valence-electron chi connectivity index (χ2n) is 4.10. The van der Waals surface area contributed by atoms with Crippen LogP contribution in [0.5, 0.6) is 5.75 Å². The highest BCUT2D eigenvalue weighted by Crippen LogP contribution is 2.16. The van der Waals surface area contributed by atoms with Gasteiger partial charge >= 0.3 is 11.9 Å². The molecule has 0 heterocycles. The van der Waals surface area contributed by atoms with E-state index in [2.05, 4.69) is 4.74 Å². The quantitative estimate of drug-likeness (QED) is 0.638. The minimum atomic E-state index is -0.603. The molecule has 5 heteroatoms. The molecule has 104 valence electrons. The van der Waals surface area contributed by atoms with Crippen LogP contribution in [0.25, 0.3) is 0 Å². The number of methoxy groups -OCH3 is 1. The minimum Gasteiger partial charge on any atom is -0.465 e. The van der Waals surface area contributed by atoms with Gasteiger partial charge in [0, 0.05) is 0 Å². The number of ether oxygens (including phenoxy) is 2. The van der Waals surface area contributed by atoms with Crippen molar-refractivity contribution in [2.75, 3.05) is 7.11 Å². The van der Waals surface area contributed by atoms with Gasteiger partial charge in [0.2, 0.25) is 0 Å². The zero-order chi connectivity index (χ0) is 15.2. The maximum absolute atomic E-state index is 12.0.